The summed E-state index contributed by atoms with van der Waals surface area (Å²) >= 11 is 0. The average molecular weight is 321 g/mol. The molecular weight excluding hydrogens is 298 g/mol. The third kappa shape index (κ3) is 3.06. The zero-order chi connectivity index (χ0) is 16.4. The van der Waals surface area contributed by atoms with Crippen molar-refractivity contribution in [2.45, 2.75) is 25.3 Å². The average Bonchev–Trinajstić information content (AvgIpc) is 3.07. The lowest BCUT2D eigenvalue weighted by molar-refractivity contribution is -0.134. The number of aromatic nitrogens is 1. The summed E-state index contributed by atoms with van der Waals surface area (Å²) in [5.74, 6) is 0.395. The van der Waals surface area contributed by atoms with Gasteiger partial charge in [0.15, 0.2) is 0 Å². The molecule has 0 radical (unpaired) electrons. The molecule has 0 spiro atoms. The van der Waals surface area contributed by atoms with Gasteiger partial charge in [-0.05, 0) is 35.6 Å². The Balaban J connectivity index is 1.35. The summed E-state index contributed by atoms with van der Waals surface area (Å²) in [6, 6.07) is 12.5. The van der Waals surface area contributed by atoms with E-state index in [0.29, 0.717) is 5.91 Å². The normalized spacial score (nSPS) is 20.8. The summed E-state index contributed by atoms with van der Waals surface area (Å²) in [5, 5.41) is 0. The van der Waals surface area contributed by atoms with Crippen LogP contribution in [0.4, 0.5) is 0 Å². The molecule has 4 nitrogen and oxygen atoms in total. The number of benzene rings is 1. The Labute approximate surface area is 143 Å². The lowest BCUT2D eigenvalue weighted by atomic mass is 9.99. The van der Waals surface area contributed by atoms with Crippen molar-refractivity contribution in [3.63, 3.8) is 0 Å². The smallest absolute Gasteiger partial charge is 0.230 e. The van der Waals surface area contributed by atoms with Crippen molar-refractivity contribution in [2.75, 3.05) is 26.2 Å². The minimum absolute atomic E-state index is 0.0751. The number of pyridine rings is 1. The number of nitrogens with zero attached hydrogens (tertiary/aromatic N) is 3. The maximum atomic E-state index is 12.9. The largest absolute Gasteiger partial charge is 0.340 e. The van der Waals surface area contributed by atoms with E-state index in [1.165, 1.54) is 16.7 Å². The van der Waals surface area contributed by atoms with E-state index in [1.54, 1.807) is 6.20 Å². The summed E-state index contributed by atoms with van der Waals surface area (Å²) in [6.07, 6.45) is 5.73. The van der Waals surface area contributed by atoms with Gasteiger partial charge in [0.2, 0.25) is 5.91 Å². The number of amides is 1. The highest BCUT2D eigenvalue weighted by atomic mass is 16.2. The van der Waals surface area contributed by atoms with Crippen molar-refractivity contribution in [2.24, 2.45) is 0 Å². The van der Waals surface area contributed by atoms with Crippen molar-refractivity contribution in [3.8, 4) is 0 Å². The molecule has 2 aliphatic rings. The van der Waals surface area contributed by atoms with Crippen molar-refractivity contribution in [3.05, 3.63) is 65.5 Å². The van der Waals surface area contributed by atoms with Gasteiger partial charge in [-0.25, -0.2) is 0 Å². The molecule has 1 amide bonds. The molecule has 1 fully saturated rings. The number of carbonyl (C=O) groups is 1. The van der Waals surface area contributed by atoms with Gasteiger partial charge in [0.05, 0.1) is 5.92 Å². The van der Waals surface area contributed by atoms with E-state index in [9.17, 15) is 4.79 Å². The molecule has 1 atom stereocenters. The first-order valence-electron chi connectivity index (χ1n) is 8.79. The maximum Gasteiger partial charge on any atom is 0.230 e. The fourth-order valence-corrected chi connectivity index (χ4v) is 3.91. The number of fused-ring (bicyclic) bond motifs is 1. The molecule has 0 N–H and O–H groups in total. The maximum absolute atomic E-state index is 12.9. The predicted octanol–water partition coefficient (Wildman–Crippen LogP) is 2.46. The number of piperazine rings is 1. The molecular formula is C20H23N3O. The summed E-state index contributed by atoms with van der Waals surface area (Å²) in [5.41, 5.74) is 3.84. The topological polar surface area (TPSA) is 36.4 Å². The van der Waals surface area contributed by atoms with Gasteiger partial charge in [0, 0.05) is 45.1 Å². The van der Waals surface area contributed by atoms with E-state index in [2.05, 4.69) is 45.1 Å². The SMILES string of the molecule is O=C(C1CCc2ccccc21)N1CCN(Cc2cccnc2)CC1. The summed E-state index contributed by atoms with van der Waals surface area (Å²) in [4.78, 5) is 21.6. The highest BCUT2D eigenvalue weighted by molar-refractivity contribution is 5.85. The molecule has 0 bridgehead atoms. The zero-order valence-electron chi connectivity index (χ0n) is 13.9. The third-order valence-corrected chi connectivity index (χ3v) is 5.24. The van der Waals surface area contributed by atoms with Crippen molar-refractivity contribution < 1.29 is 4.79 Å². The minimum atomic E-state index is 0.0751. The summed E-state index contributed by atoms with van der Waals surface area (Å²) in [7, 11) is 0. The monoisotopic (exact) mass is 321 g/mol. The van der Waals surface area contributed by atoms with Crippen LogP contribution in [0.15, 0.2) is 48.8 Å². The molecule has 4 rings (SSSR count). The minimum Gasteiger partial charge on any atom is -0.340 e. The number of aryl methyl sites for hydroxylation is 1. The molecule has 4 heteroatoms. The molecule has 124 valence electrons. The van der Waals surface area contributed by atoms with E-state index >= 15 is 0 Å². The number of rotatable bonds is 3. The molecule has 1 aliphatic heterocycles. The molecule has 1 aromatic heterocycles. The van der Waals surface area contributed by atoms with Gasteiger partial charge in [-0.1, -0.05) is 30.3 Å². The molecule has 2 aromatic rings. The summed E-state index contributed by atoms with van der Waals surface area (Å²) < 4.78 is 0. The number of hydrogen-bond acceptors (Lipinski definition) is 3. The Kier molecular flexibility index (Phi) is 4.30. The van der Waals surface area contributed by atoms with Crippen molar-refractivity contribution >= 4 is 5.91 Å². The highest BCUT2D eigenvalue weighted by Gasteiger charge is 2.32. The van der Waals surface area contributed by atoms with Crippen LogP contribution in [0.2, 0.25) is 0 Å². The Morgan fingerprint density at radius 2 is 1.92 bits per heavy atom. The van der Waals surface area contributed by atoms with Gasteiger partial charge >= 0.3 is 0 Å². The predicted molar refractivity (Wildman–Crippen MR) is 93.6 cm³/mol. The quantitative estimate of drug-likeness (QED) is 0.871. The Bertz CT molecular complexity index is 708. The number of carbonyl (C=O) groups excluding carboxylic acids is 1. The molecule has 1 aromatic carbocycles. The lowest BCUT2D eigenvalue weighted by Crippen LogP contribution is -2.49. The van der Waals surface area contributed by atoms with Crippen molar-refractivity contribution in [1.29, 1.82) is 0 Å². The van der Waals surface area contributed by atoms with Crippen LogP contribution in [0.5, 0.6) is 0 Å². The van der Waals surface area contributed by atoms with Crippen LogP contribution in [-0.2, 0) is 17.8 Å². The van der Waals surface area contributed by atoms with E-state index in [4.69, 9.17) is 0 Å². The van der Waals surface area contributed by atoms with Gasteiger partial charge in [-0.15, -0.1) is 0 Å². The molecule has 0 saturated carbocycles. The molecule has 1 saturated heterocycles. The molecule has 1 unspecified atom stereocenters. The second kappa shape index (κ2) is 6.73. The second-order valence-electron chi connectivity index (χ2n) is 6.75. The fraction of sp³-hybridized carbons (Fsp3) is 0.400. The van der Waals surface area contributed by atoms with E-state index < -0.39 is 0 Å². The molecule has 2 heterocycles. The lowest BCUT2D eigenvalue weighted by Gasteiger charge is -2.36. The first kappa shape index (κ1) is 15.3. The Morgan fingerprint density at radius 1 is 1.08 bits per heavy atom. The third-order valence-electron chi connectivity index (χ3n) is 5.24. The molecule has 1 aliphatic carbocycles. The van der Waals surface area contributed by atoms with E-state index in [-0.39, 0.29) is 5.92 Å². The van der Waals surface area contributed by atoms with E-state index in [1.807, 2.05) is 12.3 Å². The zero-order valence-corrected chi connectivity index (χ0v) is 13.9. The van der Waals surface area contributed by atoms with Crippen LogP contribution in [0.25, 0.3) is 0 Å². The second-order valence-corrected chi connectivity index (χ2v) is 6.75. The van der Waals surface area contributed by atoms with Crippen LogP contribution >= 0.6 is 0 Å². The highest BCUT2D eigenvalue weighted by Crippen LogP contribution is 2.34. The van der Waals surface area contributed by atoms with Gasteiger partial charge in [-0.2, -0.15) is 0 Å². The van der Waals surface area contributed by atoms with Gasteiger partial charge in [-0.3, -0.25) is 14.7 Å². The fourth-order valence-electron chi connectivity index (χ4n) is 3.91. The van der Waals surface area contributed by atoms with Gasteiger partial charge < -0.3 is 4.90 Å². The van der Waals surface area contributed by atoms with Gasteiger partial charge in [0.1, 0.15) is 0 Å². The number of hydrogen-bond donors (Lipinski definition) is 0. The standard InChI is InChI=1S/C20H23N3O/c24-20(19-8-7-17-5-1-2-6-18(17)19)23-12-10-22(11-13-23)15-16-4-3-9-21-14-16/h1-6,9,14,19H,7-8,10-13,15H2. The Hall–Kier alpha value is -2.20. The first-order valence-corrected chi connectivity index (χ1v) is 8.79. The van der Waals surface area contributed by atoms with E-state index in [0.717, 1.165) is 45.6 Å². The Morgan fingerprint density at radius 3 is 2.71 bits per heavy atom. The van der Waals surface area contributed by atoms with Crippen LogP contribution in [-0.4, -0.2) is 46.9 Å². The summed E-state index contributed by atoms with van der Waals surface area (Å²) in [6.45, 7) is 4.46. The molecule has 24 heavy (non-hydrogen) atoms. The van der Waals surface area contributed by atoms with Crippen LogP contribution in [0, 0.1) is 0 Å². The van der Waals surface area contributed by atoms with Crippen LogP contribution < -0.4 is 0 Å². The van der Waals surface area contributed by atoms with Crippen LogP contribution in [0.3, 0.4) is 0 Å². The van der Waals surface area contributed by atoms with Gasteiger partial charge in [0.25, 0.3) is 0 Å². The first-order chi connectivity index (χ1) is 11.8. The van der Waals surface area contributed by atoms with Crippen LogP contribution in [0.1, 0.15) is 29.0 Å². The van der Waals surface area contributed by atoms with Crippen molar-refractivity contribution in [1.82, 2.24) is 14.8 Å².